The van der Waals surface area contributed by atoms with Crippen molar-refractivity contribution in [2.75, 3.05) is 5.32 Å². The Morgan fingerprint density at radius 2 is 2.00 bits per heavy atom. The molecule has 1 heterocycles. The number of anilines is 1. The average molecular weight is 269 g/mol. The van der Waals surface area contributed by atoms with Crippen molar-refractivity contribution in [2.24, 2.45) is 11.8 Å². The van der Waals surface area contributed by atoms with Crippen LogP contribution in [0.2, 0.25) is 0 Å². The van der Waals surface area contributed by atoms with E-state index in [-0.39, 0.29) is 5.69 Å². The molecule has 2 aliphatic carbocycles. The molecule has 3 atom stereocenters. The first-order valence-electron chi connectivity index (χ1n) is 7.42. The van der Waals surface area contributed by atoms with Crippen molar-refractivity contribution in [1.29, 1.82) is 0 Å². The normalized spacial score (nSPS) is 27.9. The zero-order chi connectivity index (χ0) is 13.5. The van der Waals surface area contributed by atoms with Gasteiger partial charge in [0.1, 0.15) is 0 Å². The molecule has 0 amide bonds. The molecule has 0 spiro atoms. The number of rotatable bonds is 3. The second-order valence-corrected chi connectivity index (χ2v) is 6.11. The maximum Gasteiger partial charge on any atom is 0.330 e. The maximum absolute atomic E-state index is 11.6. The number of hydrogen-bond acceptors (Lipinski definition) is 2. The fourth-order valence-corrected chi connectivity index (χ4v) is 3.88. The second-order valence-electron chi connectivity index (χ2n) is 6.11. The zero-order valence-electron chi connectivity index (χ0n) is 11.4. The highest BCUT2D eigenvalue weighted by Gasteiger charge is 2.39. The predicted octanol–water partition coefficient (Wildman–Crippen LogP) is 2.77. The van der Waals surface area contributed by atoms with Gasteiger partial charge >= 0.3 is 5.69 Å². The highest BCUT2D eigenvalue weighted by atomic mass is 16.1. The lowest BCUT2D eigenvalue weighted by Gasteiger charge is -2.24. The van der Waals surface area contributed by atoms with Gasteiger partial charge in [-0.1, -0.05) is 6.42 Å². The van der Waals surface area contributed by atoms with Crippen LogP contribution in [-0.2, 0) is 0 Å². The van der Waals surface area contributed by atoms with Gasteiger partial charge in [-0.05, 0) is 55.4 Å². The SMILES string of the molecule is O=c1[nH]ccn1-c1ccc(NC2CC3CCC2C3)cc1. The van der Waals surface area contributed by atoms with Crippen molar-refractivity contribution in [3.8, 4) is 5.69 Å². The third-order valence-electron chi connectivity index (χ3n) is 4.88. The molecular weight excluding hydrogens is 250 g/mol. The van der Waals surface area contributed by atoms with Crippen molar-refractivity contribution in [3.63, 3.8) is 0 Å². The third-order valence-corrected chi connectivity index (χ3v) is 4.88. The summed E-state index contributed by atoms with van der Waals surface area (Å²) in [5.74, 6) is 1.82. The fraction of sp³-hybridized carbons (Fsp3) is 0.438. The number of benzene rings is 1. The van der Waals surface area contributed by atoms with E-state index in [2.05, 4.69) is 22.4 Å². The Bertz CT molecular complexity index is 655. The van der Waals surface area contributed by atoms with Crippen LogP contribution in [0.3, 0.4) is 0 Å². The van der Waals surface area contributed by atoms with E-state index in [0.29, 0.717) is 6.04 Å². The number of fused-ring (bicyclic) bond motifs is 2. The van der Waals surface area contributed by atoms with Gasteiger partial charge in [0.25, 0.3) is 0 Å². The van der Waals surface area contributed by atoms with Crippen molar-refractivity contribution < 1.29 is 0 Å². The van der Waals surface area contributed by atoms with Crippen LogP contribution in [0, 0.1) is 11.8 Å². The number of H-pyrrole nitrogens is 1. The van der Waals surface area contributed by atoms with Gasteiger partial charge < -0.3 is 10.3 Å². The Morgan fingerprint density at radius 3 is 2.60 bits per heavy atom. The highest BCUT2D eigenvalue weighted by molar-refractivity contribution is 5.49. The van der Waals surface area contributed by atoms with Gasteiger partial charge in [-0.25, -0.2) is 4.79 Å². The van der Waals surface area contributed by atoms with E-state index in [0.717, 1.165) is 23.2 Å². The summed E-state index contributed by atoms with van der Waals surface area (Å²) in [5, 5.41) is 3.66. The molecule has 0 aliphatic heterocycles. The van der Waals surface area contributed by atoms with Crippen molar-refractivity contribution >= 4 is 5.69 Å². The van der Waals surface area contributed by atoms with Crippen molar-refractivity contribution in [3.05, 3.63) is 47.1 Å². The molecule has 2 bridgehead atoms. The molecule has 2 fully saturated rings. The summed E-state index contributed by atoms with van der Waals surface area (Å²) in [4.78, 5) is 14.2. The molecule has 20 heavy (non-hydrogen) atoms. The van der Waals surface area contributed by atoms with Crippen LogP contribution in [0.15, 0.2) is 41.5 Å². The van der Waals surface area contributed by atoms with E-state index in [4.69, 9.17) is 0 Å². The molecule has 0 saturated heterocycles. The molecule has 3 unspecified atom stereocenters. The minimum atomic E-state index is -0.0983. The average Bonchev–Trinajstić information content (AvgIpc) is 3.16. The Morgan fingerprint density at radius 1 is 1.15 bits per heavy atom. The Balaban J connectivity index is 1.50. The number of nitrogens with zero attached hydrogens (tertiary/aromatic N) is 1. The van der Waals surface area contributed by atoms with Crippen molar-refractivity contribution in [1.82, 2.24) is 9.55 Å². The Hall–Kier alpha value is -1.97. The summed E-state index contributed by atoms with van der Waals surface area (Å²) in [6, 6.07) is 8.77. The van der Waals surface area contributed by atoms with Crippen LogP contribution in [0.1, 0.15) is 25.7 Å². The molecule has 1 aromatic carbocycles. The number of aromatic nitrogens is 2. The van der Waals surface area contributed by atoms with Gasteiger partial charge in [0, 0.05) is 24.1 Å². The number of hydrogen-bond donors (Lipinski definition) is 2. The van der Waals surface area contributed by atoms with E-state index in [1.54, 1.807) is 17.0 Å². The van der Waals surface area contributed by atoms with Gasteiger partial charge in [-0.2, -0.15) is 0 Å². The second kappa shape index (κ2) is 4.54. The lowest BCUT2D eigenvalue weighted by molar-refractivity contribution is 0.440. The lowest BCUT2D eigenvalue weighted by Crippen LogP contribution is -2.25. The molecule has 2 aromatic rings. The number of aromatic amines is 1. The van der Waals surface area contributed by atoms with E-state index in [1.165, 1.54) is 25.7 Å². The van der Waals surface area contributed by atoms with Gasteiger partial charge in [0.2, 0.25) is 0 Å². The molecule has 1 aromatic heterocycles. The fourth-order valence-electron chi connectivity index (χ4n) is 3.88. The topological polar surface area (TPSA) is 49.8 Å². The Labute approximate surface area is 117 Å². The third kappa shape index (κ3) is 1.96. The van der Waals surface area contributed by atoms with E-state index < -0.39 is 0 Å². The van der Waals surface area contributed by atoms with Gasteiger partial charge in [-0.3, -0.25) is 4.57 Å². The minimum Gasteiger partial charge on any atom is -0.382 e. The summed E-state index contributed by atoms with van der Waals surface area (Å²) in [6.07, 6.45) is 8.96. The molecule has 104 valence electrons. The number of nitrogens with one attached hydrogen (secondary N) is 2. The molecular formula is C16H19N3O. The molecule has 4 rings (SSSR count). The van der Waals surface area contributed by atoms with Gasteiger partial charge in [0.05, 0.1) is 5.69 Å². The van der Waals surface area contributed by atoms with Crippen LogP contribution in [0.25, 0.3) is 5.69 Å². The van der Waals surface area contributed by atoms with Gasteiger partial charge in [0.15, 0.2) is 0 Å². The first-order chi connectivity index (χ1) is 9.79. The molecule has 2 N–H and O–H groups in total. The van der Waals surface area contributed by atoms with E-state index >= 15 is 0 Å². The molecule has 2 aliphatic rings. The van der Waals surface area contributed by atoms with Crippen LogP contribution in [-0.4, -0.2) is 15.6 Å². The van der Waals surface area contributed by atoms with E-state index in [1.807, 2.05) is 12.1 Å². The smallest absolute Gasteiger partial charge is 0.330 e. The monoisotopic (exact) mass is 269 g/mol. The zero-order valence-corrected chi connectivity index (χ0v) is 11.4. The summed E-state index contributed by atoms with van der Waals surface area (Å²) in [5.41, 5.74) is 1.96. The maximum atomic E-state index is 11.6. The highest BCUT2D eigenvalue weighted by Crippen LogP contribution is 2.45. The van der Waals surface area contributed by atoms with Crippen LogP contribution in [0.4, 0.5) is 5.69 Å². The summed E-state index contributed by atoms with van der Waals surface area (Å²) in [7, 11) is 0. The van der Waals surface area contributed by atoms with Crippen LogP contribution in [0.5, 0.6) is 0 Å². The predicted molar refractivity (Wildman–Crippen MR) is 79.2 cm³/mol. The van der Waals surface area contributed by atoms with Crippen molar-refractivity contribution in [2.45, 2.75) is 31.7 Å². The molecule has 0 radical (unpaired) electrons. The van der Waals surface area contributed by atoms with Crippen LogP contribution < -0.4 is 11.0 Å². The van der Waals surface area contributed by atoms with E-state index in [9.17, 15) is 4.79 Å². The van der Waals surface area contributed by atoms with Gasteiger partial charge in [-0.15, -0.1) is 0 Å². The van der Waals surface area contributed by atoms with Crippen LogP contribution >= 0.6 is 0 Å². The first-order valence-corrected chi connectivity index (χ1v) is 7.42. The minimum absolute atomic E-state index is 0.0983. The first kappa shape index (κ1) is 11.8. The molecule has 2 saturated carbocycles. The molecule has 4 nitrogen and oxygen atoms in total. The summed E-state index contributed by atoms with van der Waals surface area (Å²) < 4.78 is 1.61. The lowest BCUT2D eigenvalue weighted by atomic mass is 9.95. The largest absolute Gasteiger partial charge is 0.382 e. The quantitative estimate of drug-likeness (QED) is 0.900. The number of imidazole rings is 1. The molecule has 4 heteroatoms. The summed E-state index contributed by atoms with van der Waals surface area (Å²) in [6.45, 7) is 0. The summed E-state index contributed by atoms with van der Waals surface area (Å²) >= 11 is 0. The standard InChI is InChI=1S/C16H19N3O/c20-16-17-7-8-19(16)14-5-3-13(4-6-14)18-15-10-11-1-2-12(15)9-11/h3-8,11-12,15,18H,1-2,9-10H2,(H,17,20). The Kier molecular flexibility index (Phi) is 2.69.